The van der Waals surface area contributed by atoms with Crippen LogP contribution in [0.1, 0.15) is 38.3 Å². The van der Waals surface area contributed by atoms with Crippen molar-refractivity contribution in [3.8, 4) is 5.75 Å². The third-order valence-corrected chi connectivity index (χ3v) is 5.84. The van der Waals surface area contributed by atoms with E-state index >= 15 is 0 Å². The maximum Gasteiger partial charge on any atom is 0.410 e. The Hall–Kier alpha value is -3.22. The number of amides is 1. The van der Waals surface area contributed by atoms with Crippen LogP contribution in [0.25, 0.3) is 0 Å². The second-order valence-electron chi connectivity index (χ2n) is 9.68. The molecule has 184 valence electrons. The van der Waals surface area contributed by atoms with Crippen LogP contribution in [0.3, 0.4) is 0 Å². The Labute approximate surface area is 203 Å². The lowest BCUT2D eigenvalue weighted by Gasteiger charge is -2.37. The number of ether oxygens (including phenoxy) is 2. The van der Waals surface area contributed by atoms with Crippen molar-refractivity contribution in [1.82, 2.24) is 4.90 Å². The molecule has 0 radical (unpaired) electrons. The summed E-state index contributed by atoms with van der Waals surface area (Å²) in [4.78, 5) is 29.5. The van der Waals surface area contributed by atoms with Crippen molar-refractivity contribution in [2.24, 2.45) is 0 Å². The molecular weight excluding hydrogens is 430 g/mol. The van der Waals surface area contributed by atoms with Gasteiger partial charge in [0.1, 0.15) is 17.6 Å². The molecule has 0 unspecified atom stereocenters. The minimum Gasteiger partial charge on any atom is -0.497 e. The molecule has 34 heavy (non-hydrogen) atoms. The van der Waals surface area contributed by atoms with E-state index < -0.39 is 5.60 Å². The van der Waals surface area contributed by atoms with Crippen molar-refractivity contribution >= 4 is 23.8 Å². The smallest absolute Gasteiger partial charge is 0.410 e. The van der Waals surface area contributed by atoms with E-state index in [1.54, 1.807) is 12.0 Å². The third-order valence-electron chi connectivity index (χ3n) is 5.84. The Kier molecular flexibility index (Phi) is 8.42. The summed E-state index contributed by atoms with van der Waals surface area (Å²) in [5.74, 6) is 0.810. The van der Waals surface area contributed by atoms with Crippen LogP contribution in [0.2, 0.25) is 0 Å². The van der Waals surface area contributed by atoms with Gasteiger partial charge in [-0.1, -0.05) is 18.2 Å². The highest BCUT2D eigenvalue weighted by molar-refractivity contribution is 5.69. The molecule has 0 aliphatic carbocycles. The summed E-state index contributed by atoms with van der Waals surface area (Å²) < 4.78 is 11.1. The molecule has 0 atom stereocenters. The van der Waals surface area contributed by atoms with E-state index in [9.17, 15) is 9.59 Å². The molecule has 0 bridgehead atoms. The summed E-state index contributed by atoms with van der Waals surface area (Å²) in [6.07, 6.45) is 1.96. The molecule has 1 amide bonds. The quantitative estimate of drug-likeness (QED) is 0.532. The van der Waals surface area contributed by atoms with E-state index in [1.165, 1.54) is 5.56 Å². The van der Waals surface area contributed by atoms with Crippen LogP contribution in [-0.4, -0.2) is 63.2 Å². The number of anilines is 2. The van der Waals surface area contributed by atoms with E-state index in [0.717, 1.165) is 48.5 Å². The second-order valence-corrected chi connectivity index (χ2v) is 9.68. The van der Waals surface area contributed by atoms with Gasteiger partial charge in [0.15, 0.2) is 0 Å². The van der Waals surface area contributed by atoms with Crippen molar-refractivity contribution < 1.29 is 19.1 Å². The number of carbonyl (C=O) groups is 2. The highest BCUT2D eigenvalue weighted by atomic mass is 16.6. The lowest BCUT2D eigenvalue weighted by molar-refractivity contribution is -0.107. The highest BCUT2D eigenvalue weighted by Gasteiger charge is 2.26. The Balaban J connectivity index is 1.71. The van der Waals surface area contributed by atoms with Gasteiger partial charge in [0.05, 0.1) is 7.11 Å². The third kappa shape index (κ3) is 6.89. The zero-order valence-electron chi connectivity index (χ0n) is 21.0. The van der Waals surface area contributed by atoms with Crippen LogP contribution >= 0.6 is 0 Å². The number of piperazine rings is 1. The van der Waals surface area contributed by atoms with Crippen LogP contribution in [-0.2, 0) is 22.5 Å². The number of carbonyl (C=O) groups excluding carboxylic acids is 2. The van der Waals surface area contributed by atoms with E-state index in [4.69, 9.17) is 9.47 Å². The SMILES string of the molecule is COc1cc(CN(C)c2ccccc2CCC=O)cc(N2CCN(C(=O)OC(C)(C)C)CC2)c1. The van der Waals surface area contributed by atoms with Gasteiger partial charge in [0.25, 0.3) is 0 Å². The summed E-state index contributed by atoms with van der Waals surface area (Å²) in [7, 11) is 3.75. The highest BCUT2D eigenvalue weighted by Crippen LogP contribution is 2.28. The van der Waals surface area contributed by atoms with E-state index in [-0.39, 0.29) is 6.09 Å². The molecule has 0 spiro atoms. The van der Waals surface area contributed by atoms with Gasteiger partial charge < -0.3 is 29.0 Å². The molecule has 1 fully saturated rings. The summed E-state index contributed by atoms with van der Waals surface area (Å²) >= 11 is 0. The Morgan fingerprint density at radius 3 is 2.44 bits per heavy atom. The molecule has 1 aliphatic rings. The zero-order valence-corrected chi connectivity index (χ0v) is 21.0. The molecule has 1 aliphatic heterocycles. The molecule has 2 aromatic rings. The number of rotatable bonds is 8. The minimum atomic E-state index is -0.492. The molecule has 7 nitrogen and oxygen atoms in total. The first-order chi connectivity index (χ1) is 16.2. The number of hydrogen-bond donors (Lipinski definition) is 0. The van der Waals surface area contributed by atoms with E-state index in [0.29, 0.717) is 26.1 Å². The topological polar surface area (TPSA) is 62.3 Å². The normalized spacial score (nSPS) is 14.0. The first-order valence-electron chi connectivity index (χ1n) is 11.8. The fourth-order valence-corrected chi connectivity index (χ4v) is 4.18. The standard InChI is InChI=1S/C27H37N3O4/c1-27(2,3)34-26(32)30-14-12-29(13-15-30)23-17-21(18-24(19-23)33-5)20-28(4)25-11-7-6-9-22(25)10-8-16-31/h6-7,9,11,16-19H,8,10,12-15,20H2,1-5H3. The minimum absolute atomic E-state index is 0.256. The number of aryl methyl sites for hydroxylation is 1. The lowest BCUT2D eigenvalue weighted by atomic mass is 10.1. The Morgan fingerprint density at radius 2 is 1.79 bits per heavy atom. The average molecular weight is 468 g/mol. The number of aldehydes is 1. The first-order valence-corrected chi connectivity index (χ1v) is 11.8. The van der Waals surface area contributed by atoms with Crippen LogP contribution in [0, 0.1) is 0 Å². The second kappa shape index (κ2) is 11.3. The molecule has 7 heteroatoms. The summed E-state index contributed by atoms with van der Waals surface area (Å²) in [5, 5.41) is 0. The molecular formula is C27H37N3O4. The largest absolute Gasteiger partial charge is 0.497 e. The van der Waals surface area contributed by atoms with Gasteiger partial charge in [0, 0.05) is 63.6 Å². The van der Waals surface area contributed by atoms with Gasteiger partial charge in [-0.15, -0.1) is 0 Å². The fraction of sp³-hybridized carbons (Fsp3) is 0.481. The van der Waals surface area contributed by atoms with Gasteiger partial charge in [0.2, 0.25) is 0 Å². The van der Waals surface area contributed by atoms with Crippen molar-refractivity contribution in [3.63, 3.8) is 0 Å². The molecule has 3 rings (SSSR count). The zero-order chi connectivity index (χ0) is 24.7. The molecule has 0 aromatic heterocycles. The van der Waals surface area contributed by atoms with Gasteiger partial charge >= 0.3 is 6.09 Å². The predicted octanol–water partition coefficient (Wildman–Crippen LogP) is 4.52. The number of methoxy groups -OCH3 is 1. The van der Waals surface area contributed by atoms with Crippen molar-refractivity contribution in [2.45, 2.75) is 45.8 Å². The first kappa shape index (κ1) is 25.4. The number of benzene rings is 2. The lowest BCUT2D eigenvalue weighted by Crippen LogP contribution is -2.50. The van der Waals surface area contributed by atoms with Crippen LogP contribution < -0.4 is 14.5 Å². The molecule has 1 heterocycles. The number of para-hydroxylation sites is 1. The maximum atomic E-state index is 12.4. The monoisotopic (exact) mass is 467 g/mol. The summed E-state index contributed by atoms with van der Waals surface area (Å²) in [6.45, 7) is 9.06. The summed E-state index contributed by atoms with van der Waals surface area (Å²) in [5.41, 5.74) is 4.02. The average Bonchev–Trinajstić information content (AvgIpc) is 2.81. The fourth-order valence-electron chi connectivity index (χ4n) is 4.18. The number of hydrogen-bond acceptors (Lipinski definition) is 6. The van der Waals surface area contributed by atoms with Gasteiger partial charge in [-0.2, -0.15) is 0 Å². The maximum absolute atomic E-state index is 12.4. The van der Waals surface area contributed by atoms with Gasteiger partial charge in [-0.25, -0.2) is 4.79 Å². The van der Waals surface area contributed by atoms with E-state index in [1.807, 2.05) is 39.0 Å². The van der Waals surface area contributed by atoms with Crippen LogP contribution in [0.5, 0.6) is 5.75 Å². The van der Waals surface area contributed by atoms with Crippen LogP contribution in [0.4, 0.5) is 16.2 Å². The Morgan fingerprint density at radius 1 is 1.09 bits per heavy atom. The van der Waals surface area contributed by atoms with Crippen molar-refractivity contribution in [2.75, 3.05) is 50.1 Å². The van der Waals surface area contributed by atoms with Gasteiger partial charge in [-0.05, 0) is 56.5 Å². The molecule has 0 saturated carbocycles. The predicted molar refractivity (Wildman–Crippen MR) is 136 cm³/mol. The number of nitrogens with zero attached hydrogens (tertiary/aromatic N) is 3. The van der Waals surface area contributed by atoms with E-state index in [2.05, 4.69) is 41.1 Å². The Bertz CT molecular complexity index is 978. The molecule has 1 saturated heterocycles. The molecule has 2 aromatic carbocycles. The van der Waals surface area contributed by atoms with Crippen molar-refractivity contribution in [1.29, 1.82) is 0 Å². The van der Waals surface area contributed by atoms with Gasteiger partial charge in [-0.3, -0.25) is 0 Å². The summed E-state index contributed by atoms with van der Waals surface area (Å²) in [6, 6.07) is 14.5. The molecule has 0 N–H and O–H groups in total. The van der Waals surface area contributed by atoms with Crippen molar-refractivity contribution in [3.05, 3.63) is 53.6 Å². The van der Waals surface area contributed by atoms with Crippen LogP contribution in [0.15, 0.2) is 42.5 Å².